The molecule has 0 atom stereocenters. The van der Waals surface area contributed by atoms with Gasteiger partial charge in [-0.1, -0.05) is 13.0 Å². The summed E-state index contributed by atoms with van der Waals surface area (Å²) in [6.07, 6.45) is 2.34. The molecule has 0 amide bonds. The molecule has 22 heavy (non-hydrogen) atoms. The first-order valence-electron chi connectivity index (χ1n) is 7.51. The van der Waals surface area contributed by atoms with Crippen LogP contribution in [0.15, 0.2) is 26.7 Å². The molecule has 0 saturated carbocycles. The van der Waals surface area contributed by atoms with Gasteiger partial charge in [-0.2, -0.15) is 0 Å². The summed E-state index contributed by atoms with van der Waals surface area (Å²) in [5, 5.41) is 4.98. The van der Waals surface area contributed by atoms with Crippen molar-refractivity contribution in [2.45, 2.75) is 24.0 Å². The fourth-order valence-corrected chi connectivity index (χ4v) is 4.47. The van der Waals surface area contributed by atoms with Crippen LogP contribution in [0.1, 0.15) is 19.8 Å². The normalized spacial score (nSPS) is 17.7. The van der Waals surface area contributed by atoms with E-state index in [1.54, 1.807) is 24.6 Å². The van der Waals surface area contributed by atoms with Gasteiger partial charge in [-0.3, -0.25) is 4.99 Å². The number of piperidine rings is 1. The molecule has 1 aromatic rings. The van der Waals surface area contributed by atoms with Crippen LogP contribution in [0.4, 0.5) is 0 Å². The third kappa shape index (κ3) is 4.69. The SMILES string of the molecule is CN=C(NCCNS(=O)(=O)c1cccs1)N1CCC(C)CC1. The van der Waals surface area contributed by atoms with Gasteiger partial charge in [0.05, 0.1) is 0 Å². The van der Waals surface area contributed by atoms with Crippen LogP contribution in [-0.2, 0) is 10.0 Å². The lowest BCUT2D eigenvalue weighted by Crippen LogP contribution is -2.47. The van der Waals surface area contributed by atoms with Crippen LogP contribution in [0.2, 0.25) is 0 Å². The maximum absolute atomic E-state index is 12.0. The van der Waals surface area contributed by atoms with E-state index in [0.717, 1.165) is 25.0 Å². The van der Waals surface area contributed by atoms with Crippen LogP contribution in [0, 0.1) is 5.92 Å². The molecule has 0 spiro atoms. The number of likely N-dealkylation sites (tertiary alicyclic amines) is 1. The van der Waals surface area contributed by atoms with Crippen molar-refractivity contribution < 1.29 is 8.42 Å². The summed E-state index contributed by atoms with van der Waals surface area (Å²) in [6, 6.07) is 3.34. The Balaban J connectivity index is 1.75. The van der Waals surface area contributed by atoms with Gasteiger partial charge in [-0.15, -0.1) is 11.3 Å². The minimum absolute atomic E-state index is 0.337. The van der Waals surface area contributed by atoms with E-state index in [0.29, 0.717) is 17.3 Å². The highest BCUT2D eigenvalue weighted by molar-refractivity contribution is 7.91. The minimum Gasteiger partial charge on any atom is -0.355 e. The van der Waals surface area contributed by atoms with Crippen molar-refractivity contribution in [2.75, 3.05) is 33.2 Å². The molecule has 2 N–H and O–H groups in total. The lowest BCUT2D eigenvalue weighted by atomic mass is 10.00. The molecule has 0 unspecified atom stereocenters. The van der Waals surface area contributed by atoms with Gasteiger partial charge in [0.2, 0.25) is 10.0 Å². The van der Waals surface area contributed by atoms with Gasteiger partial charge in [0.25, 0.3) is 0 Å². The molecule has 1 aliphatic rings. The Labute approximate surface area is 136 Å². The number of thiophene rings is 1. The first kappa shape index (κ1) is 17.2. The van der Waals surface area contributed by atoms with E-state index in [1.165, 1.54) is 24.2 Å². The second-order valence-electron chi connectivity index (χ2n) is 5.47. The number of hydrogen-bond donors (Lipinski definition) is 2. The lowest BCUT2D eigenvalue weighted by Gasteiger charge is -2.32. The minimum atomic E-state index is -3.38. The molecule has 1 fully saturated rings. The van der Waals surface area contributed by atoms with Gasteiger partial charge in [0.1, 0.15) is 4.21 Å². The zero-order valence-electron chi connectivity index (χ0n) is 13.1. The summed E-state index contributed by atoms with van der Waals surface area (Å²) < 4.78 is 26.9. The summed E-state index contributed by atoms with van der Waals surface area (Å²) >= 11 is 1.22. The van der Waals surface area contributed by atoms with Crippen LogP contribution < -0.4 is 10.0 Å². The number of sulfonamides is 1. The van der Waals surface area contributed by atoms with E-state index >= 15 is 0 Å². The van der Waals surface area contributed by atoms with Crippen molar-refractivity contribution in [1.29, 1.82) is 0 Å². The molecule has 6 nitrogen and oxygen atoms in total. The number of guanidine groups is 1. The van der Waals surface area contributed by atoms with Gasteiger partial charge in [-0.05, 0) is 30.2 Å². The van der Waals surface area contributed by atoms with Gasteiger partial charge < -0.3 is 10.2 Å². The van der Waals surface area contributed by atoms with Crippen LogP contribution >= 0.6 is 11.3 Å². The van der Waals surface area contributed by atoms with Crippen LogP contribution in [0.3, 0.4) is 0 Å². The molecular weight excluding hydrogens is 320 g/mol. The third-order valence-corrected chi connectivity index (χ3v) is 6.61. The van der Waals surface area contributed by atoms with E-state index in [-0.39, 0.29) is 0 Å². The Morgan fingerprint density at radius 2 is 2.14 bits per heavy atom. The highest BCUT2D eigenvalue weighted by Gasteiger charge is 2.18. The van der Waals surface area contributed by atoms with Crippen molar-refractivity contribution in [2.24, 2.45) is 10.9 Å². The van der Waals surface area contributed by atoms with Crippen molar-refractivity contribution in [1.82, 2.24) is 14.9 Å². The van der Waals surface area contributed by atoms with Crippen molar-refractivity contribution in [3.8, 4) is 0 Å². The highest BCUT2D eigenvalue weighted by Crippen LogP contribution is 2.16. The van der Waals surface area contributed by atoms with E-state index in [4.69, 9.17) is 0 Å². The van der Waals surface area contributed by atoms with Gasteiger partial charge in [0, 0.05) is 33.2 Å². The predicted octanol–water partition coefficient (Wildman–Crippen LogP) is 1.33. The summed E-state index contributed by atoms with van der Waals surface area (Å²) in [7, 11) is -1.62. The first-order chi connectivity index (χ1) is 10.5. The molecule has 1 aliphatic heterocycles. The Kier molecular flexibility index (Phi) is 6.22. The second kappa shape index (κ2) is 7.94. The summed E-state index contributed by atoms with van der Waals surface area (Å²) in [6.45, 7) is 5.13. The molecule has 2 rings (SSSR count). The second-order valence-corrected chi connectivity index (χ2v) is 8.41. The fourth-order valence-electron chi connectivity index (χ4n) is 2.40. The van der Waals surface area contributed by atoms with E-state index in [2.05, 4.69) is 26.9 Å². The number of aliphatic imine (C=N–C) groups is 1. The molecule has 0 radical (unpaired) electrons. The topological polar surface area (TPSA) is 73.8 Å². The molecule has 1 aromatic heterocycles. The molecule has 124 valence electrons. The molecule has 0 aliphatic carbocycles. The number of nitrogens with one attached hydrogen (secondary N) is 2. The summed E-state index contributed by atoms with van der Waals surface area (Å²) in [5.74, 6) is 1.62. The summed E-state index contributed by atoms with van der Waals surface area (Å²) in [4.78, 5) is 6.51. The molecule has 0 aromatic carbocycles. The third-order valence-electron chi connectivity index (χ3n) is 3.76. The molecule has 0 bridgehead atoms. The maximum Gasteiger partial charge on any atom is 0.250 e. The van der Waals surface area contributed by atoms with E-state index in [1.807, 2.05) is 0 Å². The number of rotatable bonds is 5. The average molecular weight is 345 g/mol. The van der Waals surface area contributed by atoms with Crippen molar-refractivity contribution in [3.63, 3.8) is 0 Å². The zero-order valence-corrected chi connectivity index (χ0v) is 14.7. The quantitative estimate of drug-likeness (QED) is 0.480. The standard InChI is InChI=1S/C14H24N4O2S2/c1-12-5-9-18(10-6-12)14(15-2)16-7-8-17-22(19,20)13-4-3-11-21-13/h3-4,11-12,17H,5-10H2,1-2H3,(H,15,16). The smallest absolute Gasteiger partial charge is 0.250 e. The Morgan fingerprint density at radius 3 is 2.73 bits per heavy atom. The summed E-state index contributed by atoms with van der Waals surface area (Å²) in [5.41, 5.74) is 0. The molecule has 8 heteroatoms. The van der Waals surface area contributed by atoms with Gasteiger partial charge >= 0.3 is 0 Å². The van der Waals surface area contributed by atoms with Gasteiger partial charge in [0.15, 0.2) is 5.96 Å². The fraction of sp³-hybridized carbons (Fsp3) is 0.643. The Morgan fingerprint density at radius 1 is 1.41 bits per heavy atom. The van der Waals surface area contributed by atoms with Crippen LogP contribution in [0.5, 0.6) is 0 Å². The molecular formula is C14H24N4O2S2. The number of nitrogens with zero attached hydrogens (tertiary/aromatic N) is 2. The molecule has 2 heterocycles. The van der Waals surface area contributed by atoms with Gasteiger partial charge in [-0.25, -0.2) is 13.1 Å². The van der Waals surface area contributed by atoms with E-state index < -0.39 is 10.0 Å². The maximum atomic E-state index is 12.0. The largest absolute Gasteiger partial charge is 0.355 e. The first-order valence-corrected chi connectivity index (χ1v) is 9.88. The van der Waals surface area contributed by atoms with Crippen molar-refractivity contribution in [3.05, 3.63) is 17.5 Å². The van der Waals surface area contributed by atoms with Crippen molar-refractivity contribution >= 4 is 27.3 Å². The highest BCUT2D eigenvalue weighted by atomic mass is 32.2. The zero-order chi connectivity index (χ0) is 16.0. The lowest BCUT2D eigenvalue weighted by molar-refractivity contribution is 0.273. The van der Waals surface area contributed by atoms with Crippen LogP contribution in [0.25, 0.3) is 0 Å². The molecule has 1 saturated heterocycles. The van der Waals surface area contributed by atoms with Crippen LogP contribution in [-0.4, -0.2) is 52.5 Å². The monoisotopic (exact) mass is 344 g/mol. The predicted molar refractivity (Wildman–Crippen MR) is 90.8 cm³/mol. The Hall–Kier alpha value is -1.12. The Bertz CT molecular complexity index is 576. The van der Waals surface area contributed by atoms with E-state index in [9.17, 15) is 8.42 Å². The number of hydrogen-bond acceptors (Lipinski definition) is 4. The average Bonchev–Trinajstić information content (AvgIpc) is 3.04.